The average Bonchev–Trinajstić information content (AvgIpc) is 2.53. The van der Waals surface area contributed by atoms with Gasteiger partial charge in [-0.1, -0.05) is 37.6 Å². The third-order valence-corrected chi connectivity index (χ3v) is 3.35. The van der Waals surface area contributed by atoms with Gasteiger partial charge in [0, 0.05) is 0 Å². The molecule has 3 heteroatoms. The number of benzene rings is 2. The summed E-state index contributed by atoms with van der Waals surface area (Å²) >= 11 is 0. The van der Waals surface area contributed by atoms with E-state index in [9.17, 15) is 4.79 Å². The van der Waals surface area contributed by atoms with Crippen molar-refractivity contribution in [2.24, 2.45) is 0 Å². The number of methoxy groups -OCH3 is 2. The number of rotatable bonds is 5. The van der Waals surface area contributed by atoms with Crippen molar-refractivity contribution < 1.29 is 14.3 Å². The summed E-state index contributed by atoms with van der Waals surface area (Å²) in [5.74, 6) is 0.143. The molecule has 0 unspecified atom stereocenters. The predicted octanol–water partition coefficient (Wildman–Crippen LogP) is 4.45. The zero-order chi connectivity index (χ0) is 15.2. The maximum absolute atomic E-state index is 11.8. The van der Waals surface area contributed by atoms with Crippen molar-refractivity contribution in [1.29, 1.82) is 0 Å². The molecule has 0 aromatic heterocycles. The van der Waals surface area contributed by atoms with Gasteiger partial charge in [-0.3, -0.25) is 0 Å². The fourth-order valence-corrected chi connectivity index (χ4v) is 2.22. The zero-order valence-corrected chi connectivity index (χ0v) is 12.7. The maximum atomic E-state index is 11.8. The number of esters is 1. The first-order valence-electron chi connectivity index (χ1n) is 7.06. The van der Waals surface area contributed by atoms with Gasteiger partial charge in [0.25, 0.3) is 0 Å². The third-order valence-electron chi connectivity index (χ3n) is 3.35. The third kappa shape index (κ3) is 3.43. The summed E-state index contributed by atoms with van der Waals surface area (Å²) in [6.45, 7) is 2.15. The summed E-state index contributed by atoms with van der Waals surface area (Å²) in [6, 6.07) is 9.84. The molecule has 0 spiro atoms. The van der Waals surface area contributed by atoms with Crippen LogP contribution in [-0.2, 0) is 4.74 Å². The van der Waals surface area contributed by atoms with E-state index in [1.54, 1.807) is 7.11 Å². The van der Waals surface area contributed by atoms with Crippen molar-refractivity contribution in [2.75, 3.05) is 14.2 Å². The van der Waals surface area contributed by atoms with Gasteiger partial charge in [0.15, 0.2) is 0 Å². The number of allylic oxidation sites excluding steroid dienone is 1. The Morgan fingerprint density at radius 3 is 2.62 bits per heavy atom. The molecule has 0 aliphatic heterocycles. The predicted molar refractivity (Wildman–Crippen MR) is 85.8 cm³/mol. The molecule has 0 saturated carbocycles. The number of unbranched alkanes of at least 4 members (excludes halogenated alkanes) is 1. The molecule has 2 aromatic carbocycles. The molecule has 0 fully saturated rings. The first kappa shape index (κ1) is 15.1. The van der Waals surface area contributed by atoms with Crippen LogP contribution in [0.1, 0.15) is 35.7 Å². The van der Waals surface area contributed by atoms with Crippen LogP contribution in [0.4, 0.5) is 0 Å². The SMILES string of the molecule is CCCC=Cc1ccc2cc(OC)c(C(=O)OC)cc2c1. The normalized spacial score (nSPS) is 11.0. The Bertz CT molecular complexity index is 671. The van der Waals surface area contributed by atoms with Gasteiger partial charge in [-0.2, -0.15) is 0 Å². The molecule has 0 aliphatic carbocycles. The van der Waals surface area contributed by atoms with E-state index in [2.05, 4.69) is 31.2 Å². The molecule has 0 heterocycles. The minimum Gasteiger partial charge on any atom is -0.496 e. The number of carbonyl (C=O) groups excluding carboxylic acids is 1. The van der Waals surface area contributed by atoms with Crippen molar-refractivity contribution in [3.63, 3.8) is 0 Å². The van der Waals surface area contributed by atoms with Crippen LogP contribution in [0.3, 0.4) is 0 Å². The first-order chi connectivity index (χ1) is 10.2. The Labute approximate surface area is 125 Å². The Morgan fingerprint density at radius 2 is 1.95 bits per heavy atom. The number of hydrogen-bond donors (Lipinski definition) is 0. The van der Waals surface area contributed by atoms with Crippen LogP contribution in [0.5, 0.6) is 5.75 Å². The van der Waals surface area contributed by atoms with E-state index in [1.165, 1.54) is 7.11 Å². The number of hydrogen-bond acceptors (Lipinski definition) is 3. The minimum absolute atomic E-state index is 0.388. The van der Waals surface area contributed by atoms with Crippen LogP contribution in [0.25, 0.3) is 16.8 Å². The largest absolute Gasteiger partial charge is 0.496 e. The molecule has 0 bridgehead atoms. The van der Waals surface area contributed by atoms with Gasteiger partial charge in [-0.05, 0) is 41.0 Å². The lowest BCUT2D eigenvalue weighted by Gasteiger charge is -2.09. The first-order valence-corrected chi connectivity index (χ1v) is 7.06. The molecule has 110 valence electrons. The molecule has 0 saturated heterocycles. The number of carbonyl (C=O) groups is 1. The van der Waals surface area contributed by atoms with Crippen LogP contribution in [0.15, 0.2) is 36.4 Å². The van der Waals surface area contributed by atoms with E-state index in [0.29, 0.717) is 11.3 Å². The second-order valence-corrected chi connectivity index (χ2v) is 4.84. The summed E-state index contributed by atoms with van der Waals surface area (Å²) in [6.07, 6.45) is 6.46. The standard InChI is InChI=1S/C18H20O3/c1-4-5-6-7-13-8-9-14-12-17(20-2)16(18(19)21-3)11-15(14)10-13/h6-12H,4-5H2,1-3H3. The molecule has 2 rings (SSSR count). The van der Waals surface area contributed by atoms with E-state index < -0.39 is 0 Å². The fourth-order valence-electron chi connectivity index (χ4n) is 2.22. The quantitative estimate of drug-likeness (QED) is 0.761. The zero-order valence-electron chi connectivity index (χ0n) is 12.7. The van der Waals surface area contributed by atoms with Crippen molar-refractivity contribution in [2.45, 2.75) is 19.8 Å². The summed E-state index contributed by atoms with van der Waals surface area (Å²) in [4.78, 5) is 11.8. The van der Waals surface area contributed by atoms with Crippen LogP contribution in [-0.4, -0.2) is 20.2 Å². The van der Waals surface area contributed by atoms with Gasteiger partial charge in [0.05, 0.1) is 14.2 Å². The van der Waals surface area contributed by atoms with Gasteiger partial charge in [-0.25, -0.2) is 4.79 Å². The molecule has 21 heavy (non-hydrogen) atoms. The summed E-state index contributed by atoms with van der Waals surface area (Å²) in [5.41, 5.74) is 1.57. The van der Waals surface area contributed by atoms with E-state index >= 15 is 0 Å². The molecular formula is C18H20O3. The average molecular weight is 284 g/mol. The second kappa shape index (κ2) is 6.93. The van der Waals surface area contributed by atoms with E-state index in [-0.39, 0.29) is 5.97 Å². The van der Waals surface area contributed by atoms with Crippen LogP contribution < -0.4 is 4.74 Å². The Balaban J connectivity index is 2.48. The molecule has 0 radical (unpaired) electrons. The van der Waals surface area contributed by atoms with Crippen molar-refractivity contribution in [1.82, 2.24) is 0 Å². The highest BCUT2D eigenvalue weighted by molar-refractivity contribution is 5.99. The molecule has 0 atom stereocenters. The molecular weight excluding hydrogens is 264 g/mol. The molecule has 0 N–H and O–H groups in total. The number of fused-ring (bicyclic) bond motifs is 1. The van der Waals surface area contributed by atoms with Crippen LogP contribution in [0, 0.1) is 0 Å². The lowest BCUT2D eigenvalue weighted by Crippen LogP contribution is -2.04. The summed E-state index contributed by atoms with van der Waals surface area (Å²) in [5, 5.41) is 2.03. The van der Waals surface area contributed by atoms with Gasteiger partial charge in [0.2, 0.25) is 0 Å². The molecule has 3 nitrogen and oxygen atoms in total. The highest BCUT2D eigenvalue weighted by Crippen LogP contribution is 2.27. The fraction of sp³-hybridized carbons (Fsp3) is 0.278. The van der Waals surface area contributed by atoms with Crippen molar-refractivity contribution in [3.8, 4) is 5.75 Å². The van der Waals surface area contributed by atoms with Crippen molar-refractivity contribution in [3.05, 3.63) is 47.5 Å². The summed E-state index contributed by atoms with van der Waals surface area (Å²) < 4.78 is 10.1. The Hall–Kier alpha value is -2.29. The molecule has 0 aliphatic rings. The van der Waals surface area contributed by atoms with Gasteiger partial charge < -0.3 is 9.47 Å². The topological polar surface area (TPSA) is 35.5 Å². The van der Waals surface area contributed by atoms with Crippen molar-refractivity contribution >= 4 is 22.8 Å². The molecule has 0 amide bonds. The van der Waals surface area contributed by atoms with Crippen LogP contribution in [0.2, 0.25) is 0 Å². The van der Waals surface area contributed by atoms with E-state index in [4.69, 9.17) is 9.47 Å². The highest BCUT2D eigenvalue weighted by Gasteiger charge is 2.13. The Kier molecular flexibility index (Phi) is 4.99. The van der Waals surface area contributed by atoms with Gasteiger partial charge in [0.1, 0.15) is 11.3 Å². The lowest BCUT2D eigenvalue weighted by molar-refractivity contribution is 0.0597. The highest BCUT2D eigenvalue weighted by atomic mass is 16.5. The van der Waals surface area contributed by atoms with Gasteiger partial charge >= 0.3 is 5.97 Å². The van der Waals surface area contributed by atoms with Crippen LogP contribution >= 0.6 is 0 Å². The smallest absolute Gasteiger partial charge is 0.341 e. The van der Waals surface area contributed by atoms with Gasteiger partial charge in [-0.15, -0.1) is 0 Å². The number of ether oxygens (including phenoxy) is 2. The molecule has 2 aromatic rings. The van der Waals surface area contributed by atoms with E-state index in [0.717, 1.165) is 29.2 Å². The lowest BCUT2D eigenvalue weighted by atomic mass is 10.0. The van der Waals surface area contributed by atoms with E-state index in [1.807, 2.05) is 18.2 Å². The summed E-state index contributed by atoms with van der Waals surface area (Å²) in [7, 11) is 2.92. The monoisotopic (exact) mass is 284 g/mol. The maximum Gasteiger partial charge on any atom is 0.341 e. The minimum atomic E-state index is -0.388. The Morgan fingerprint density at radius 1 is 1.14 bits per heavy atom. The second-order valence-electron chi connectivity index (χ2n) is 4.84.